The van der Waals surface area contributed by atoms with E-state index in [-0.39, 0.29) is 6.61 Å². The number of nitrogens with one attached hydrogen (secondary N) is 1. The average Bonchev–Trinajstić information content (AvgIpc) is 3.08. The minimum absolute atomic E-state index is 0.210. The fourth-order valence-corrected chi connectivity index (χ4v) is 3.07. The second kappa shape index (κ2) is 7.14. The molecule has 2 aromatic heterocycles. The summed E-state index contributed by atoms with van der Waals surface area (Å²) >= 11 is 0. The Morgan fingerprint density at radius 3 is 2.72 bits per heavy atom. The zero-order valence-electron chi connectivity index (χ0n) is 13.9. The van der Waals surface area contributed by atoms with Crippen LogP contribution in [0.1, 0.15) is 0 Å². The fraction of sp³-hybridized carbons (Fsp3) is 0.353. The van der Waals surface area contributed by atoms with E-state index in [0.29, 0.717) is 0 Å². The van der Waals surface area contributed by atoms with Gasteiger partial charge in [-0.15, -0.1) is 0 Å². The molecule has 0 atom stereocenters. The minimum Gasteiger partial charge on any atom is -0.395 e. The van der Waals surface area contributed by atoms with Crippen LogP contribution in [0, 0.1) is 0 Å². The molecule has 0 unspecified atom stereocenters. The van der Waals surface area contributed by atoms with Gasteiger partial charge in [0, 0.05) is 38.8 Å². The molecule has 8 nitrogen and oxygen atoms in total. The van der Waals surface area contributed by atoms with Crippen LogP contribution in [0.3, 0.4) is 0 Å². The zero-order valence-corrected chi connectivity index (χ0v) is 13.9. The Labute approximate surface area is 145 Å². The molecule has 0 bridgehead atoms. The van der Waals surface area contributed by atoms with Crippen molar-refractivity contribution in [3.05, 3.63) is 43.0 Å². The lowest BCUT2D eigenvalue weighted by atomic mass is 10.3. The van der Waals surface area contributed by atoms with Crippen LogP contribution in [0.2, 0.25) is 0 Å². The summed E-state index contributed by atoms with van der Waals surface area (Å²) < 4.78 is 1.96. The molecule has 0 saturated carbocycles. The smallest absolute Gasteiger partial charge is 0.145 e. The summed E-state index contributed by atoms with van der Waals surface area (Å²) in [6.45, 7) is 4.57. The number of para-hydroxylation sites is 2. The van der Waals surface area contributed by atoms with E-state index in [0.717, 1.165) is 55.4 Å². The summed E-state index contributed by atoms with van der Waals surface area (Å²) in [4.78, 5) is 15.4. The van der Waals surface area contributed by atoms with Gasteiger partial charge in [-0.3, -0.25) is 9.47 Å². The van der Waals surface area contributed by atoms with Gasteiger partial charge in [0.2, 0.25) is 0 Å². The second-order valence-electron chi connectivity index (χ2n) is 6.03. The van der Waals surface area contributed by atoms with E-state index < -0.39 is 0 Å². The Hall–Kier alpha value is -2.55. The number of anilines is 1. The van der Waals surface area contributed by atoms with Gasteiger partial charge in [0.1, 0.15) is 24.3 Å². The van der Waals surface area contributed by atoms with Crippen molar-refractivity contribution in [1.29, 1.82) is 0 Å². The minimum atomic E-state index is 0.210. The lowest BCUT2D eigenvalue weighted by Crippen LogP contribution is -2.49. The normalized spacial score (nSPS) is 16.4. The number of rotatable bonds is 5. The van der Waals surface area contributed by atoms with Crippen LogP contribution in [-0.4, -0.2) is 73.9 Å². The highest BCUT2D eigenvalue weighted by molar-refractivity contribution is 5.76. The first-order valence-electron chi connectivity index (χ1n) is 8.43. The molecule has 3 aromatic rings. The Kier molecular flexibility index (Phi) is 4.55. The van der Waals surface area contributed by atoms with Gasteiger partial charge < -0.3 is 10.5 Å². The van der Waals surface area contributed by atoms with Gasteiger partial charge in [-0.2, -0.15) is 0 Å². The third-order valence-corrected chi connectivity index (χ3v) is 4.41. The molecule has 1 aliphatic heterocycles. The molecule has 2 N–H and O–H groups in total. The number of fused-ring (bicyclic) bond motifs is 1. The van der Waals surface area contributed by atoms with Gasteiger partial charge in [0.05, 0.1) is 17.6 Å². The quantitative estimate of drug-likeness (QED) is 0.710. The molecule has 4 rings (SSSR count). The number of nitrogens with zero attached hydrogens (tertiary/aromatic N) is 6. The Bertz CT molecular complexity index is 842. The Morgan fingerprint density at radius 1 is 1.04 bits per heavy atom. The summed E-state index contributed by atoms with van der Waals surface area (Å²) in [6.07, 6.45) is 3.35. The monoisotopic (exact) mass is 339 g/mol. The van der Waals surface area contributed by atoms with Crippen LogP contribution in [0.25, 0.3) is 16.9 Å². The topological polar surface area (TPSA) is 82.3 Å². The number of benzene rings is 1. The predicted molar refractivity (Wildman–Crippen MR) is 95.4 cm³/mol. The Balaban J connectivity index is 1.49. The van der Waals surface area contributed by atoms with Crippen molar-refractivity contribution < 1.29 is 5.11 Å². The number of hydrazine groups is 1. The summed E-state index contributed by atoms with van der Waals surface area (Å²) in [5.74, 6) is 1.54. The van der Waals surface area contributed by atoms with Crippen LogP contribution in [0.4, 0.5) is 5.82 Å². The molecule has 1 aliphatic rings. The lowest BCUT2D eigenvalue weighted by Gasteiger charge is -2.34. The SMILES string of the molecule is OCCN1CCN(Nc2cc(-n3cnc4ccccc43)ncn2)CC1. The number of hydrogen-bond acceptors (Lipinski definition) is 7. The van der Waals surface area contributed by atoms with Gasteiger partial charge in [-0.25, -0.2) is 20.0 Å². The molecule has 130 valence electrons. The van der Waals surface area contributed by atoms with E-state index in [2.05, 4.69) is 30.3 Å². The van der Waals surface area contributed by atoms with E-state index in [1.807, 2.05) is 34.9 Å². The first kappa shape index (κ1) is 15.9. The lowest BCUT2D eigenvalue weighted by molar-refractivity contribution is 0.127. The highest BCUT2D eigenvalue weighted by atomic mass is 16.3. The van der Waals surface area contributed by atoms with Gasteiger partial charge in [-0.05, 0) is 12.1 Å². The standard InChI is InChI=1S/C17H21N7O/c25-10-9-22-5-7-23(8-6-22)21-16-11-17(19-12-18-16)24-13-20-14-3-1-2-4-15(14)24/h1-4,11-13,25H,5-10H2,(H,18,19,21). The van der Waals surface area contributed by atoms with Crippen LogP contribution in [0.15, 0.2) is 43.0 Å². The number of hydrogen-bond donors (Lipinski definition) is 2. The third kappa shape index (κ3) is 3.46. The van der Waals surface area contributed by atoms with Crippen molar-refractivity contribution in [2.75, 3.05) is 44.8 Å². The van der Waals surface area contributed by atoms with Crippen molar-refractivity contribution >= 4 is 16.9 Å². The van der Waals surface area contributed by atoms with E-state index in [1.165, 1.54) is 0 Å². The van der Waals surface area contributed by atoms with Gasteiger partial charge >= 0.3 is 0 Å². The van der Waals surface area contributed by atoms with Crippen LogP contribution in [0.5, 0.6) is 0 Å². The molecule has 8 heteroatoms. The fourth-order valence-electron chi connectivity index (χ4n) is 3.07. The molecule has 1 fully saturated rings. The van der Waals surface area contributed by atoms with Crippen molar-refractivity contribution in [2.45, 2.75) is 0 Å². The van der Waals surface area contributed by atoms with E-state index >= 15 is 0 Å². The van der Waals surface area contributed by atoms with E-state index in [4.69, 9.17) is 5.11 Å². The van der Waals surface area contributed by atoms with Crippen LogP contribution < -0.4 is 5.43 Å². The first-order chi connectivity index (χ1) is 12.3. The maximum atomic E-state index is 9.02. The zero-order chi connectivity index (χ0) is 17.1. The van der Waals surface area contributed by atoms with Gasteiger partial charge in [0.25, 0.3) is 0 Å². The molecular weight excluding hydrogens is 318 g/mol. The number of piperazine rings is 1. The number of imidazole rings is 1. The molecule has 3 heterocycles. The summed E-state index contributed by atoms with van der Waals surface area (Å²) in [7, 11) is 0. The number of β-amino-alcohol motifs (C(OH)–C–C–N with tert-alkyl or cyclic N) is 1. The van der Waals surface area contributed by atoms with Crippen LogP contribution >= 0.6 is 0 Å². The maximum Gasteiger partial charge on any atom is 0.145 e. The molecule has 0 amide bonds. The van der Waals surface area contributed by atoms with E-state index in [9.17, 15) is 0 Å². The molecule has 0 aliphatic carbocycles. The van der Waals surface area contributed by atoms with Crippen molar-refractivity contribution in [1.82, 2.24) is 29.4 Å². The molecular formula is C17H21N7O. The van der Waals surface area contributed by atoms with Crippen molar-refractivity contribution in [3.8, 4) is 5.82 Å². The largest absolute Gasteiger partial charge is 0.395 e. The van der Waals surface area contributed by atoms with Gasteiger partial charge in [-0.1, -0.05) is 12.1 Å². The Morgan fingerprint density at radius 2 is 1.88 bits per heavy atom. The summed E-state index contributed by atoms with van der Waals surface area (Å²) in [5, 5.41) is 11.2. The number of aromatic nitrogens is 4. The summed E-state index contributed by atoms with van der Waals surface area (Å²) in [6, 6.07) is 9.90. The first-order valence-corrected chi connectivity index (χ1v) is 8.43. The van der Waals surface area contributed by atoms with E-state index in [1.54, 1.807) is 12.7 Å². The molecule has 1 saturated heterocycles. The predicted octanol–water partition coefficient (Wildman–Crippen LogP) is 0.752. The third-order valence-electron chi connectivity index (χ3n) is 4.41. The molecule has 0 radical (unpaired) electrons. The molecule has 0 spiro atoms. The van der Waals surface area contributed by atoms with Crippen LogP contribution in [-0.2, 0) is 0 Å². The highest BCUT2D eigenvalue weighted by Gasteiger charge is 2.16. The van der Waals surface area contributed by atoms with Crippen molar-refractivity contribution in [2.24, 2.45) is 0 Å². The van der Waals surface area contributed by atoms with Gasteiger partial charge in [0.15, 0.2) is 0 Å². The van der Waals surface area contributed by atoms with Crippen molar-refractivity contribution in [3.63, 3.8) is 0 Å². The number of aliphatic hydroxyl groups is 1. The maximum absolute atomic E-state index is 9.02. The summed E-state index contributed by atoms with van der Waals surface area (Å²) in [5.41, 5.74) is 5.31. The molecule has 1 aromatic carbocycles. The highest BCUT2D eigenvalue weighted by Crippen LogP contribution is 2.18. The average molecular weight is 339 g/mol. The number of aliphatic hydroxyl groups excluding tert-OH is 1. The second-order valence-corrected chi connectivity index (χ2v) is 6.03. The molecule has 25 heavy (non-hydrogen) atoms.